The van der Waals surface area contributed by atoms with Crippen molar-refractivity contribution in [1.82, 2.24) is 15.1 Å². The van der Waals surface area contributed by atoms with Crippen molar-refractivity contribution < 1.29 is 0 Å². The molecule has 20 heavy (non-hydrogen) atoms. The first kappa shape index (κ1) is 16.0. The van der Waals surface area contributed by atoms with Crippen LogP contribution in [-0.2, 0) is 6.42 Å². The summed E-state index contributed by atoms with van der Waals surface area (Å²) < 4.78 is 4.39. The molecule has 0 bridgehead atoms. The van der Waals surface area contributed by atoms with Gasteiger partial charge >= 0.3 is 0 Å². The number of halogens is 2. The fourth-order valence-corrected chi connectivity index (χ4v) is 3.17. The van der Waals surface area contributed by atoms with Crippen molar-refractivity contribution in [2.75, 3.05) is 7.05 Å². The first-order chi connectivity index (χ1) is 9.51. The highest BCUT2D eigenvalue weighted by Crippen LogP contribution is 2.27. The molecule has 0 aliphatic rings. The van der Waals surface area contributed by atoms with Crippen LogP contribution >= 0.6 is 38.5 Å². The molecule has 1 atom stereocenters. The molecule has 3 nitrogen and oxygen atoms in total. The van der Waals surface area contributed by atoms with Crippen molar-refractivity contribution >= 4 is 38.5 Å². The third kappa shape index (κ3) is 3.83. The standard InChI is InChI=1S/C15H19BrIN3/c1-10(2)20-7-6-12(19-20)9-15(18-3)13-8-11(17)4-5-14(13)16/h4-8,10,15,18H,9H2,1-3H3. The molecule has 1 heterocycles. The Morgan fingerprint density at radius 2 is 2.10 bits per heavy atom. The zero-order valence-corrected chi connectivity index (χ0v) is 15.6. The molecular formula is C15H19BrIN3. The normalized spacial score (nSPS) is 12.9. The minimum Gasteiger partial charge on any atom is -0.313 e. The Hall–Kier alpha value is -0.400. The summed E-state index contributed by atoms with van der Waals surface area (Å²) in [7, 11) is 2.00. The van der Waals surface area contributed by atoms with Gasteiger partial charge in [-0.25, -0.2) is 0 Å². The lowest BCUT2D eigenvalue weighted by atomic mass is 10.0. The van der Waals surface area contributed by atoms with Crippen molar-refractivity contribution in [1.29, 1.82) is 0 Å². The van der Waals surface area contributed by atoms with Gasteiger partial charge in [0.2, 0.25) is 0 Å². The molecule has 1 aromatic heterocycles. The SMILES string of the molecule is CNC(Cc1ccn(C(C)C)n1)c1cc(I)ccc1Br. The molecule has 108 valence electrons. The summed E-state index contributed by atoms with van der Waals surface area (Å²) in [5.74, 6) is 0. The van der Waals surface area contributed by atoms with Crippen LogP contribution in [-0.4, -0.2) is 16.8 Å². The van der Waals surface area contributed by atoms with Crippen molar-refractivity contribution in [3.05, 3.63) is 49.8 Å². The molecule has 1 aromatic carbocycles. The Morgan fingerprint density at radius 1 is 1.35 bits per heavy atom. The molecule has 0 saturated carbocycles. The monoisotopic (exact) mass is 447 g/mol. The zero-order chi connectivity index (χ0) is 14.7. The Bertz CT molecular complexity index is 580. The van der Waals surface area contributed by atoms with E-state index in [1.54, 1.807) is 0 Å². The Labute approximate surface area is 142 Å². The van der Waals surface area contributed by atoms with Gasteiger partial charge < -0.3 is 5.32 Å². The fourth-order valence-electron chi connectivity index (χ4n) is 2.13. The van der Waals surface area contributed by atoms with Gasteiger partial charge in [-0.15, -0.1) is 0 Å². The molecule has 0 amide bonds. The van der Waals surface area contributed by atoms with E-state index >= 15 is 0 Å². The average Bonchev–Trinajstić information content (AvgIpc) is 2.88. The maximum atomic E-state index is 4.63. The van der Waals surface area contributed by atoms with E-state index in [0.717, 1.165) is 16.6 Å². The highest BCUT2D eigenvalue weighted by molar-refractivity contribution is 14.1. The van der Waals surface area contributed by atoms with Crippen molar-refractivity contribution in [3.63, 3.8) is 0 Å². The Morgan fingerprint density at radius 3 is 2.70 bits per heavy atom. The van der Waals surface area contributed by atoms with Crippen LogP contribution in [0.2, 0.25) is 0 Å². The second kappa shape index (κ2) is 7.04. The number of likely N-dealkylation sites (N-methyl/N-ethyl adjacent to an activating group) is 1. The molecule has 0 radical (unpaired) electrons. The summed E-state index contributed by atoms with van der Waals surface area (Å²) in [6.07, 6.45) is 2.94. The predicted molar refractivity (Wildman–Crippen MR) is 95.0 cm³/mol. The molecule has 0 fully saturated rings. The van der Waals surface area contributed by atoms with E-state index in [2.05, 4.69) is 93.2 Å². The quantitative estimate of drug-likeness (QED) is 0.691. The maximum Gasteiger partial charge on any atom is 0.0643 e. The number of hydrogen-bond acceptors (Lipinski definition) is 2. The number of aromatic nitrogens is 2. The van der Waals surface area contributed by atoms with Crippen LogP contribution in [0.3, 0.4) is 0 Å². The molecule has 2 rings (SSSR count). The first-order valence-corrected chi connectivity index (χ1v) is 8.54. The van der Waals surface area contributed by atoms with Gasteiger partial charge in [0.05, 0.1) is 5.69 Å². The zero-order valence-electron chi connectivity index (χ0n) is 11.9. The second-order valence-corrected chi connectivity index (χ2v) is 7.19. The van der Waals surface area contributed by atoms with Gasteiger partial charge in [-0.05, 0) is 73.3 Å². The lowest BCUT2D eigenvalue weighted by molar-refractivity contribution is 0.514. The number of hydrogen-bond donors (Lipinski definition) is 1. The molecule has 1 unspecified atom stereocenters. The molecule has 1 N–H and O–H groups in total. The van der Waals surface area contributed by atoms with E-state index in [4.69, 9.17) is 0 Å². The summed E-state index contributed by atoms with van der Waals surface area (Å²) in [5.41, 5.74) is 2.39. The van der Waals surface area contributed by atoms with Crippen LogP contribution in [0.15, 0.2) is 34.9 Å². The minimum absolute atomic E-state index is 0.259. The molecule has 5 heteroatoms. The van der Waals surface area contributed by atoms with Gasteiger partial charge in [0.15, 0.2) is 0 Å². The van der Waals surface area contributed by atoms with Gasteiger partial charge in [-0.2, -0.15) is 5.10 Å². The predicted octanol–water partition coefficient (Wildman–Crippen LogP) is 4.33. The molecule has 0 aliphatic heterocycles. The van der Waals surface area contributed by atoms with Crippen LogP contribution in [0.1, 0.15) is 37.2 Å². The summed E-state index contributed by atoms with van der Waals surface area (Å²) in [5, 5.41) is 8.03. The molecule has 2 aromatic rings. The van der Waals surface area contributed by atoms with Gasteiger partial charge in [0.25, 0.3) is 0 Å². The number of benzene rings is 1. The van der Waals surface area contributed by atoms with Gasteiger partial charge in [0, 0.05) is 32.7 Å². The van der Waals surface area contributed by atoms with E-state index in [1.807, 2.05) is 11.7 Å². The molecule has 0 spiro atoms. The topological polar surface area (TPSA) is 29.9 Å². The molecular weight excluding hydrogens is 429 g/mol. The summed E-state index contributed by atoms with van der Waals surface area (Å²) in [6, 6.07) is 9.19. The summed E-state index contributed by atoms with van der Waals surface area (Å²) in [6.45, 7) is 4.28. The van der Waals surface area contributed by atoms with Crippen LogP contribution in [0.4, 0.5) is 0 Å². The first-order valence-electron chi connectivity index (χ1n) is 6.67. The third-order valence-electron chi connectivity index (χ3n) is 3.29. The van der Waals surface area contributed by atoms with E-state index in [1.165, 1.54) is 9.13 Å². The van der Waals surface area contributed by atoms with Gasteiger partial charge in [-0.1, -0.05) is 15.9 Å². The van der Waals surface area contributed by atoms with Crippen LogP contribution < -0.4 is 5.32 Å². The fraction of sp³-hybridized carbons (Fsp3) is 0.400. The number of nitrogens with zero attached hydrogens (tertiary/aromatic N) is 2. The van der Waals surface area contributed by atoms with Crippen molar-refractivity contribution in [3.8, 4) is 0 Å². The largest absolute Gasteiger partial charge is 0.313 e. The van der Waals surface area contributed by atoms with E-state index in [9.17, 15) is 0 Å². The van der Waals surface area contributed by atoms with E-state index < -0.39 is 0 Å². The number of nitrogens with one attached hydrogen (secondary N) is 1. The maximum absolute atomic E-state index is 4.63. The average molecular weight is 448 g/mol. The van der Waals surface area contributed by atoms with E-state index in [0.29, 0.717) is 6.04 Å². The van der Waals surface area contributed by atoms with Crippen LogP contribution in [0, 0.1) is 3.57 Å². The lowest BCUT2D eigenvalue weighted by Crippen LogP contribution is -2.20. The lowest BCUT2D eigenvalue weighted by Gasteiger charge is -2.17. The summed E-state index contributed by atoms with van der Waals surface area (Å²) >= 11 is 5.99. The van der Waals surface area contributed by atoms with Crippen molar-refractivity contribution in [2.24, 2.45) is 0 Å². The van der Waals surface area contributed by atoms with Crippen LogP contribution in [0.5, 0.6) is 0 Å². The smallest absolute Gasteiger partial charge is 0.0643 e. The Balaban J connectivity index is 2.21. The number of rotatable bonds is 5. The van der Waals surface area contributed by atoms with Crippen molar-refractivity contribution in [2.45, 2.75) is 32.4 Å². The molecule has 0 saturated heterocycles. The van der Waals surface area contributed by atoms with Gasteiger partial charge in [-0.3, -0.25) is 4.68 Å². The van der Waals surface area contributed by atoms with Crippen LogP contribution in [0.25, 0.3) is 0 Å². The van der Waals surface area contributed by atoms with Gasteiger partial charge in [0.1, 0.15) is 0 Å². The van der Waals surface area contributed by atoms with E-state index in [-0.39, 0.29) is 6.04 Å². The minimum atomic E-state index is 0.259. The molecule has 0 aliphatic carbocycles. The third-order valence-corrected chi connectivity index (χ3v) is 4.68. The highest BCUT2D eigenvalue weighted by atomic mass is 127. The highest BCUT2D eigenvalue weighted by Gasteiger charge is 2.15. The second-order valence-electron chi connectivity index (χ2n) is 5.09. The Kier molecular flexibility index (Phi) is 5.63. The summed E-state index contributed by atoms with van der Waals surface area (Å²) in [4.78, 5) is 0.